The zero-order valence-corrected chi connectivity index (χ0v) is 10.2. The van der Waals surface area contributed by atoms with E-state index in [9.17, 15) is 9.50 Å². The van der Waals surface area contributed by atoms with Gasteiger partial charge in [-0.05, 0) is 25.0 Å². The number of nitrogens with one attached hydrogen (secondary N) is 1. The van der Waals surface area contributed by atoms with E-state index >= 15 is 0 Å². The number of halogens is 1. The van der Waals surface area contributed by atoms with Gasteiger partial charge in [0.05, 0.1) is 0 Å². The fourth-order valence-electron chi connectivity index (χ4n) is 2.23. The summed E-state index contributed by atoms with van der Waals surface area (Å²) in [5.74, 6) is -0.703. The lowest BCUT2D eigenvalue weighted by atomic mass is 10.0. The van der Waals surface area contributed by atoms with E-state index in [1.165, 1.54) is 6.07 Å². The lowest BCUT2D eigenvalue weighted by molar-refractivity contribution is 0.243. The minimum Gasteiger partial charge on any atom is -0.505 e. The Kier molecular flexibility index (Phi) is 3.97. The summed E-state index contributed by atoms with van der Waals surface area (Å²) in [5.41, 5.74) is 1.70. The van der Waals surface area contributed by atoms with Crippen molar-refractivity contribution in [1.29, 1.82) is 0 Å². The normalized spacial score (nSPS) is 17.3. The van der Waals surface area contributed by atoms with Crippen LogP contribution in [0, 0.1) is 12.7 Å². The van der Waals surface area contributed by atoms with Crippen LogP contribution in [-0.4, -0.2) is 42.7 Å². The van der Waals surface area contributed by atoms with E-state index < -0.39 is 5.82 Å². The molecular formula is C13H19FN2O. The molecule has 17 heavy (non-hydrogen) atoms. The monoisotopic (exact) mass is 238 g/mol. The molecule has 4 heteroatoms. The maximum atomic E-state index is 13.3. The van der Waals surface area contributed by atoms with Crippen molar-refractivity contribution in [3.05, 3.63) is 29.1 Å². The third-order valence-corrected chi connectivity index (χ3v) is 3.36. The number of rotatable bonds is 3. The molecule has 0 radical (unpaired) electrons. The highest BCUT2D eigenvalue weighted by Gasteiger charge is 2.13. The second kappa shape index (κ2) is 5.47. The molecular weight excluding hydrogens is 219 g/mol. The van der Waals surface area contributed by atoms with Crippen LogP contribution in [0.3, 0.4) is 0 Å². The van der Waals surface area contributed by atoms with Gasteiger partial charge in [-0.15, -0.1) is 0 Å². The van der Waals surface area contributed by atoms with E-state index in [2.05, 4.69) is 10.2 Å². The third-order valence-electron chi connectivity index (χ3n) is 3.36. The Bertz CT molecular complexity index is 389. The molecule has 2 N–H and O–H groups in total. The van der Waals surface area contributed by atoms with Crippen LogP contribution in [0.4, 0.5) is 4.39 Å². The first kappa shape index (κ1) is 12.3. The molecule has 1 aliphatic heterocycles. The summed E-state index contributed by atoms with van der Waals surface area (Å²) in [6.07, 6.45) is 0.704. The fraction of sp³-hybridized carbons (Fsp3) is 0.538. The zero-order chi connectivity index (χ0) is 12.3. The average molecular weight is 238 g/mol. The SMILES string of the molecule is Cc1ccc(F)c(O)c1CCN1CCNCC1. The predicted molar refractivity (Wildman–Crippen MR) is 65.8 cm³/mol. The Morgan fingerprint density at radius 3 is 2.76 bits per heavy atom. The van der Waals surface area contributed by atoms with E-state index in [1.54, 1.807) is 6.07 Å². The molecule has 0 amide bonds. The van der Waals surface area contributed by atoms with Crippen LogP contribution in [0.5, 0.6) is 5.75 Å². The second-order valence-corrected chi connectivity index (χ2v) is 4.53. The number of phenols is 1. The summed E-state index contributed by atoms with van der Waals surface area (Å²) in [6.45, 7) is 6.85. The number of aromatic hydroxyl groups is 1. The van der Waals surface area contributed by atoms with Crippen molar-refractivity contribution in [2.45, 2.75) is 13.3 Å². The van der Waals surface area contributed by atoms with Crippen LogP contribution >= 0.6 is 0 Å². The summed E-state index contributed by atoms with van der Waals surface area (Å²) in [7, 11) is 0. The van der Waals surface area contributed by atoms with Crippen molar-refractivity contribution >= 4 is 0 Å². The summed E-state index contributed by atoms with van der Waals surface area (Å²) in [5, 5.41) is 13.0. The quantitative estimate of drug-likeness (QED) is 0.833. The summed E-state index contributed by atoms with van der Waals surface area (Å²) < 4.78 is 13.3. The largest absolute Gasteiger partial charge is 0.505 e. The number of aryl methyl sites for hydroxylation is 1. The van der Waals surface area contributed by atoms with Gasteiger partial charge in [0.1, 0.15) is 0 Å². The predicted octanol–water partition coefficient (Wildman–Crippen LogP) is 1.29. The van der Waals surface area contributed by atoms with Crippen LogP contribution in [0.1, 0.15) is 11.1 Å². The minimum atomic E-state index is -0.522. The van der Waals surface area contributed by atoms with Gasteiger partial charge in [-0.2, -0.15) is 0 Å². The van der Waals surface area contributed by atoms with E-state index in [1.807, 2.05) is 6.92 Å². The second-order valence-electron chi connectivity index (χ2n) is 4.53. The molecule has 1 aromatic carbocycles. The number of hydrogen-bond acceptors (Lipinski definition) is 3. The highest BCUT2D eigenvalue weighted by Crippen LogP contribution is 2.25. The van der Waals surface area contributed by atoms with Crippen LogP contribution < -0.4 is 5.32 Å². The van der Waals surface area contributed by atoms with Crippen molar-refractivity contribution in [2.75, 3.05) is 32.7 Å². The Balaban J connectivity index is 2.00. The average Bonchev–Trinajstić information content (AvgIpc) is 2.35. The van der Waals surface area contributed by atoms with E-state index in [0.29, 0.717) is 6.42 Å². The molecule has 0 saturated carbocycles. The molecule has 1 saturated heterocycles. The van der Waals surface area contributed by atoms with Crippen LogP contribution in [0.15, 0.2) is 12.1 Å². The number of piperazine rings is 1. The molecule has 0 aliphatic carbocycles. The number of hydrogen-bond donors (Lipinski definition) is 2. The number of phenolic OH excluding ortho intramolecular Hbond substituents is 1. The first-order valence-electron chi connectivity index (χ1n) is 6.08. The van der Waals surface area contributed by atoms with Crippen molar-refractivity contribution in [2.24, 2.45) is 0 Å². The van der Waals surface area contributed by atoms with Gasteiger partial charge in [0, 0.05) is 38.3 Å². The number of nitrogens with zero attached hydrogens (tertiary/aromatic N) is 1. The zero-order valence-electron chi connectivity index (χ0n) is 10.2. The molecule has 0 bridgehead atoms. The van der Waals surface area contributed by atoms with Crippen molar-refractivity contribution in [3.8, 4) is 5.75 Å². The Morgan fingerprint density at radius 1 is 1.35 bits per heavy atom. The Labute approximate surface area is 101 Å². The minimum absolute atomic E-state index is 0.180. The first-order chi connectivity index (χ1) is 8.18. The number of benzene rings is 1. The van der Waals surface area contributed by atoms with Crippen LogP contribution in [0.25, 0.3) is 0 Å². The van der Waals surface area contributed by atoms with E-state index in [0.717, 1.165) is 43.9 Å². The van der Waals surface area contributed by atoms with Gasteiger partial charge in [0.25, 0.3) is 0 Å². The van der Waals surface area contributed by atoms with Crippen molar-refractivity contribution < 1.29 is 9.50 Å². The van der Waals surface area contributed by atoms with Crippen LogP contribution in [0.2, 0.25) is 0 Å². The molecule has 1 heterocycles. The van der Waals surface area contributed by atoms with E-state index in [-0.39, 0.29) is 5.75 Å². The Morgan fingerprint density at radius 2 is 2.06 bits per heavy atom. The van der Waals surface area contributed by atoms with Gasteiger partial charge in [0.2, 0.25) is 0 Å². The summed E-state index contributed by atoms with van der Waals surface area (Å²) >= 11 is 0. The van der Waals surface area contributed by atoms with E-state index in [4.69, 9.17) is 0 Å². The molecule has 1 fully saturated rings. The summed E-state index contributed by atoms with van der Waals surface area (Å²) in [6, 6.07) is 3.04. The smallest absolute Gasteiger partial charge is 0.165 e. The van der Waals surface area contributed by atoms with Gasteiger partial charge in [0.15, 0.2) is 11.6 Å². The van der Waals surface area contributed by atoms with Gasteiger partial charge in [-0.25, -0.2) is 4.39 Å². The molecule has 94 valence electrons. The molecule has 0 aromatic heterocycles. The molecule has 1 aliphatic rings. The lowest BCUT2D eigenvalue weighted by Gasteiger charge is -2.27. The first-order valence-corrected chi connectivity index (χ1v) is 6.08. The van der Waals surface area contributed by atoms with Gasteiger partial charge < -0.3 is 15.3 Å². The molecule has 1 aromatic rings. The maximum absolute atomic E-state index is 13.3. The van der Waals surface area contributed by atoms with Crippen molar-refractivity contribution in [3.63, 3.8) is 0 Å². The molecule has 2 rings (SSSR count). The van der Waals surface area contributed by atoms with Crippen molar-refractivity contribution in [1.82, 2.24) is 10.2 Å². The topological polar surface area (TPSA) is 35.5 Å². The highest BCUT2D eigenvalue weighted by molar-refractivity contribution is 5.39. The molecule has 0 atom stereocenters. The van der Waals surface area contributed by atoms with Gasteiger partial charge in [-0.1, -0.05) is 6.07 Å². The van der Waals surface area contributed by atoms with Gasteiger partial charge >= 0.3 is 0 Å². The lowest BCUT2D eigenvalue weighted by Crippen LogP contribution is -2.44. The molecule has 3 nitrogen and oxygen atoms in total. The third kappa shape index (κ3) is 2.96. The highest BCUT2D eigenvalue weighted by atomic mass is 19.1. The summed E-state index contributed by atoms with van der Waals surface area (Å²) in [4.78, 5) is 2.33. The fourth-order valence-corrected chi connectivity index (χ4v) is 2.23. The molecule has 0 unspecified atom stereocenters. The molecule has 0 spiro atoms. The standard InChI is InChI=1S/C13H19FN2O/c1-10-2-3-12(14)13(17)11(10)4-7-16-8-5-15-6-9-16/h2-3,15,17H,4-9H2,1H3. The van der Waals surface area contributed by atoms with Crippen LogP contribution in [-0.2, 0) is 6.42 Å². The Hall–Kier alpha value is -1.13. The maximum Gasteiger partial charge on any atom is 0.165 e. The van der Waals surface area contributed by atoms with Gasteiger partial charge in [-0.3, -0.25) is 0 Å².